The molecular formula is C25H39IO5. The minimum Gasteiger partial charge on any atom is -0.457 e. The average Bonchev–Trinajstić information content (AvgIpc) is 2.72. The van der Waals surface area contributed by atoms with Crippen molar-refractivity contribution in [3.63, 3.8) is 0 Å². The highest BCUT2D eigenvalue weighted by atomic mass is 127. The standard InChI is InChI=1S/C25H39IO5/c1-5-17(3)12-20-8-7-9-21(29-20)15-22-13-19(27)14-23(30-22)16-25(28)31-24(10-11-26)18(4)6-2/h5-6,10-11,17-24,27H,1-2,7-9,12-16H2,3-4H3/b11-10+/t17-,18-,19+,20+,21-,22+,23-,24-/m0/s1. The number of carbonyl (C=O) groups excluding carboxylic acids is 1. The van der Waals surface area contributed by atoms with Crippen LogP contribution >= 0.6 is 22.6 Å². The number of hydrogen-bond donors (Lipinski definition) is 1. The molecule has 8 atom stereocenters. The first-order valence-corrected chi connectivity index (χ1v) is 12.8. The van der Waals surface area contributed by atoms with Gasteiger partial charge in [-0.1, -0.05) is 48.6 Å². The monoisotopic (exact) mass is 546 g/mol. The summed E-state index contributed by atoms with van der Waals surface area (Å²) in [7, 11) is 0. The maximum atomic E-state index is 12.5. The van der Waals surface area contributed by atoms with Crippen LogP contribution in [0.15, 0.2) is 35.5 Å². The summed E-state index contributed by atoms with van der Waals surface area (Å²) in [6.07, 6.45) is 11.0. The maximum absolute atomic E-state index is 12.5. The maximum Gasteiger partial charge on any atom is 0.309 e. The van der Waals surface area contributed by atoms with Crippen molar-refractivity contribution in [1.29, 1.82) is 0 Å². The van der Waals surface area contributed by atoms with E-state index in [2.05, 4.69) is 42.7 Å². The van der Waals surface area contributed by atoms with Crippen LogP contribution in [0.1, 0.15) is 65.2 Å². The Bertz CT molecular complexity index is 607. The third-order valence-corrected chi connectivity index (χ3v) is 6.68. The van der Waals surface area contributed by atoms with Crippen molar-refractivity contribution < 1.29 is 24.1 Å². The molecule has 0 radical (unpaired) electrons. The van der Waals surface area contributed by atoms with E-state index in [1.807, 2.05) is 23.2 Å². The van der Waals surface area contributed by atoms with Crippen molar-refractivity contribution in [1.82, 2.24) is 0 Å². The van der Waals surface area contributed by atoms with Crippen LogP contribution in [0.5, 0.6) is 0 Å². The van der Waals surface area contributed by atoms with Crippen LogP contribution in [-0.2, 0) is 19.0 Å². The van der Waals surface area contributed by atoms with Crippen LogP contribution < -0.4 is 0 Å². The number of aliphatic hydroxyl groups is 1. The lowest BCUT2D eigenvalue weighted by Gasteiger charge is -2.37. The van der Waals surface area contributed by atoms with Gasteiger partial charge < -0.3 is 19.3 Å². The lowest BCUT2D eigenvalue weighted by molar-refractivity contribution is -0.160. The van der Waals surface area contributed by atoms with E-state index in [-0.39, 0.29) is 48.8 Å². The molecule has 2 heterocycles. The summed E-state index contributed by atoms with van der Waals surface area (Å²) in [5.41, 5.74) is 0. The third-order valence-electron chi connectivity index (χ3n) is 6.27. The molecule has 176 valence electrons. The van der Waals surface area contributed by atoms with Crippen molar-refractivity contribution in [3.8, 4) is 0 Å². The van der Waals surface area contributed by atoms with E-state index in [0.29, 0.717) is 18.8 Å². The van der Waals surface area contributed by atoms with Gasteiger partial charge in [-0.25, -0.2) is 0 Å². The van der Waals surface area contributed by atoms with Crippen LogP contribution in [0.25, 0.3) is 0 Å². The van der Waals surface area contributed by atoms with Crippen molar-refractivity contribution in [2.45, 2.75) is 102 Å². The van der Waals surface area contributed by atoms with Gasteiger partial charge in [0.1, 0.15) is 6.10 Å². The Morgan fingerprint density at radius 3 is 2.48 bits per heavy atom. The van der Waals surface area contributed by atoms with Gasteiger partial charge in [0.2, 0.25) is 0 Å². The van der Waals surface area contributed by atoms with Crippen LogP contribution in [0.2, 0.25) is 0 Å². The Morgan fingerprint density at radius 1 is 1.13 bits per heavy atom. The first-order chi connectivity index (χ1) is 14.8. The molecule has 31 heavy (non-hydrogen) atoms. The first-order valence-electron chi connectivity index (χ1n) is 11.5. The fraction of sp³-hybridized carbons (Fsp3) is 0.720. The molecule has 0 aromatic rings. The second-order valence-electron chi connectivity index (χ2n) is 9.07. The normalized spacial score (nSPS) is 32.2. The number of ether oxygens (including phenoxy) is 3. The number of halogens is 1. The number of hydrogen-bond acceptors (Lipinski definition) is 5. The van der Waals surface area contributed by atoms with Crippen LogP contribution in [0.3, 0.4) is 0 Å². The van der Waals surface area contributed by atoms with Crippen molar-refractivity contribution >= 4 is 28.6 Å². The summed E-state index contributed by atoms with van der Waals surface area (Å²) in [6, 6.07) is 0. The second-order valence-corrected chi connectivity index (χ2v) is 9.79. The molecule has 0 amide bonds. The van der Waals surface area contributed by atoms with Crippen LogP contribution in [0.4, 0.5) is 0 Å². The van der Waals surface area contributed by atoms with Gasteiger partial charge in [-0.15, -0.1) is 13.2 Å². The summed E-state index contributed by atoms with van der Waals surface area (Å²) < 4.78 is 20.0. The van der Waals surface area contributed by atoms with Crippen LogP contribution in [-0.4, -0.2) is 47.7 Å². The van der Waals surface area contributed by atoms with Gasteiger partial charge in [0.15, 0.2) is 0 Å². The number of carbonyl (C=O) groups is 1. The summed E-state index contributed by atoms with van der Waals surface area (Å²) in [6.45, 7) is 11.8. The molecule has 2 aliphatic rings. The Morgan fingerprint density at radius 2 is 1.81 bits per heavy atom. The summed E-state index contributed by atoms with van der Waals surface area (Å²) in [5, 5.41) is 10.4. The molecule has 0 aromatic heterocycles. The first kappa shape index (κ1) is 26.6. The van der Waals surface area contributed by atoms with Gasteiger partial charge in [0.05, 0.1) is 36.9 Å². The topological polar surface area (TPSA) is 65.0 Å². The van der Waals surface area contributed by atoms with Gasteiger partial charge in [0.25, 0.3) is 0 Å². The van der Waals surface area contributed by atoms with Crippen molar-refractivity contribution in [2.75, 3.05) is 0 Å². The van der Waals surface area contributed by atoms with Gasteiger partial charge >= 0.3 is 5.97 Å². The molecule has 2 saturated heterocycles. The van der Waals surface area contributed by atoms with E-state index in [9.17, 15) is 9.90 Å². The van der Waals surface area contributed by atoms with E-state index in [0.717, 1.165) is 32.1 Å². The molecule has 2 rings (SSSR count). The number of rotatable bonds is 11. The summed E-state index contributed by atoms with van der Waals surface area (Å²) in [4.78, 5) is 12.5. The van der Waals surface area contributed by atoms with E-state index in [1.165, 1.54) is 0 Å². The lowest BCUT2D eigenvalue weighted by Crippen LogP contribution is -2.40. The zero-order valence-corrected chi connectivity index (χ0v) is 21.1. The molecule has 1 N–H and O–H groups in total. The second kappa shape index (κ2) is 13.8. The third kappa shape index (κ3) is 9.36. The molecule has 0 spiro atoms. The van der Waals surface area contributed by atoms with Gasteiger partial charge in [0, 0.05) is 12.3 Å². The summed E-state index contributed by atoms with van der Waals surface area (Å²) >= 11 is 2.11. The highest BCUT2D eigenvalue weighted by Gasteiger charge is 2.34. The molecule has 5 nitrogen and oxygen atoms in total. The molecule has 0 aliphatic carbocycles. The zero-order valence-electron chi connectivity index (χ0n) is 19.0. The fourth-order valence-electron chi connectivity index (χ4n) is 4.42. The quantitative estimate of drug-likeness (QED) is 0.211. The molecule has 2 fully saturated rings. The Hall–Kier alpha value is -0.700. The summed E-state index contributed by atoms with van der Waals surface area (Å²) in [5.74, 6) is 0.167. The van der Waals surface area contributed by atoms with Gasteiger partial charge in [-0.3, -0.25) is 4.79 Å². The molecular weight excluding hydrogens is 507 g/mol. The predicted molar refractivity (Wildman–Crippen MR) is 132 cm³/mol. The largest absolute Gasteiger partial charge is 0.457 e. The van der Waals surface area contributed by atoms with Crippen molar-refractivity contribution in [3.05, 3.63) is 35.5 Å². The number of esters is 1. The minimum absolute atomic E-state index is 0.0285. The van der Waals surface area contributed by atoms with E-state index in [1.54, 1.807) is 6.08 Å². The smallest absolute Gasteiger partial charge is 0.309 e. The molecule has 0 aromatic carbocycles. The molecule has 2 aliphatic heterocycles. The predicted octanol–water partition coefficient (Wildman–Crippen LogP) is 5.51. The van der Waals surface area contributed by atoms with E-state index < -0.39 is 6.10 Å². The fourth-order valence-corrected chi connectivity index (χ4v) is 4.82. The van der Waals surface area contributed by atoms with E-state index in [4.69, 9.17) is 14.2 Å². The highest BCUT2D eigenvalue weighted by molar-refractivity contribution is 14.1. The van der Waals surface area contributed by atoms with Crippen molar-refractivity contribution in [2.24, 2.45) is 11.8 Å². The minimum atomic E-state index is -0.464. The van der Waals surface area contributed by atoms with Gasteiger partial charge in [-0.2, -0.15) is 0 Å². The van der Waals surface area contributed by atoms with E-state index >= 15 is 0 Å². The molecule has 0 saturated carbocycles. The zero-order chi connectivity index (χ0) is 22.8. The molecule has 0 bridgehead atoms. The van der Waals surface area contributed by atoms with Gasteiger partial charge in [-0.05, 0) is 54.6 Å². The Labute approximate surface area is 201 Å². The Kier molecular flexibility index (Phi) is 11.8. The number of allylic oxidation sites excluding steroid dienone is 1. The average molecular weight is 546 g/mol. The molecule has 0 unspecified atom stereocenters. The lowest BCUT2D eigenvalue weighted by atomic mass is 9.91. The van der Waals surface area contributed by atoms with Crippen LogP contribution in [0, 0.1) is 11.8 Å². The SMILES string of the molecule is C=C[C@H](C)C[C@H]1CCC[C@@H](C[C@H]2C[C@@H](O)C[C@@H](CC(=O)O[C@@H](/C=C/I)[C@@H](C)C=C)O2)O1. The number of aliphatic hydroxyl groups excluding tert-OH is 1. The Balaban J connectivity index is 1.86. The molecule has 6 heteroatoms. The highest BCUT2D eigenvalue weighted by Crippen LogP contribution is 2.31.